The van der Waals surface area contributed by atoms with Gasteiger partial charge in [-0.25, -0.2) is 19.4 Å². The molecule has 0 unspecified atom stereocenters. The molecule has 0 saturated carbocycles. The number of nitrogens with zero attached hydrogens (tertiary/aromatic N) is 4. The first-order chi connectivity index (χ1) is 15.0. The monoisotopic (exact) mass is 420 g/mol. The summed E-state index contributed by atoms with van der Waals surface area (Å²) in [5, 5.41) is 13.9. The van der Waals surface area contributed by atoms with Crippen molar-refractivity contribution in [1.82, 2.24) is 19.7 Å². The predicted molar refractivity (Wildman–Crippen MR) is 118 cm³/mol. The third kappa shape index (κ3) is 5.63. The van der Waals surface area contributed by atoms with Gasteiger partial charge in [0.2, 0.25) is 11.6 Å². The Kier molecular flexibility index (Phi) is 7.65. The molecule has 7 heteroatoms. The minimum Gasteiger partial charge on any atom is -0.476 e. The lowest BCUT2D eigenvalue weighted by molar-refractivity contribution is 0.0691. The summed E-state index contributed by atoms with van der Waals surface area (Å²) in [5.74, 6) is 0.0539. The number of carbonyl (C=O) groups excluding carboxylic acids is 1. The Morgan fingerprint density at radius 3 is 2.48 bits per heavy atom. The molecule has 31 heavy (non-hydrogen) atoms. The molecule has 0 radical (unpaired) electrons. The molecule has 1 N–H and O–H groups in total. The Bertz CT molecular complexity index is 1040. The summed E-state index contributed by atoms with van der Waals surface area (Å²) >= 11 is 0. The number of carboxylic acid groups (broad SMARTS) is 1. The number of ketones is 1. The van der Waals surface area contributed by atoms with Gasteiger partial charge in [-0.05, 0) is 30.0 Å². The van der Waals surface area contributed by atoms with E-state index >= 15 is 0 Å². The third-order valence-electron chi connectivity index (χ3n) is 5.09. The van der Waals surface area contributed by atoms with Crippen molar-refractivity contribution >= 4 is 11.8 Å². The summed E-state index contributed by atoms with van der Waals surface area (Å²) in [6.45, 7) is 4.63. The largest absolute Gasteiger partial charge is 0.476 e. The van der Waals surface area contributed by atoms with E-state index in [1.54, 1.807) is 12.1 Å². The predicted octanol–water partition coefficient (Wildman–Crippen LogP) is 4.80. The lowest BCUT2D eigenvalue weighted by atomic mass is 10.0. The van der Waals surface area contributed by atoms with E-state index in [0.29, 0.717) is 24.4 Å². The van der Waals surface area contributed by atoms with Crippen molar-refractivity contribution in [3.8, 4) is 11.1 Å². The average Bonchev–Trinajstić information content (AvgIpc) is 3.17. The maximum atomic E-state index is 12.3. The zero-order chi connectivity index (χ0) is 22.2. The van der Waals surface area contributed by atoms with Gasteiger partial charge in [0.1, 0.15) is 5.82 Å². The number of pyridine rings is 1. The third-order valence-corrected chi connectivity index (χ3v) is 5.09. The summed E-state index contributed by atoms with van der Waals surface area (Å²) in [4.78, 5) is 32.2. The SMILES string of the molecule is CCCCCc1nc(C(=O)CCC)nn1Cc1ccc(-c2cccnc2C(=O)O)cc1. The molecule has 0 aliphatic carbocycles. The Morgan fingerprint density at radius 1 is 1.03 bits per heavy atom. The van der Waals surface area contributed by atoms with Crippen molar-refractivity contribution in [2.45, 2.75) is 58.9 Å². The van der Waals surface area contributed by atoms with Crippen molar-refractivity contribution in [2.75, 3.05) is 0 Å². The van der Waals surface area contributed by atoms with Crippen molar-refractivity contribution in [2.24, 2.45) is 0 Å². The van der Waals surface area contributed by atoms with Gasteiger partial charge in [-0.3, -0.25) is 4.79 Å². The zero-order valence-electron chi connectivity index (χ0n) is 18.0. The first-order valence-electron chi connectivity index (χ1n) is 10.8. The highest BCUT2D eigenvalue weighted by atomic mass is 16.4. The van der Waals surface area contributed by atoms with E-state index in [9.17, 15) is 14.7 Å². The van der Waals surface area contributed by atoms with E-state index < -0.39 is 5.97 Å². The van der Waals surface area contributed by atoms with Crippen LogP contribution in [-0.4, -0.2) is 36.6 Å². The van der Waals surface area contributed by atoms with Crippen molar-refractivity contribution in [3.63, 3.8) is 0 Å². The van der Waals surface area contributed by atoms with Crippen LogP contribution < -0.4 is 0 Å². The van der Waals surface area contributed by atoms with Gasteiger partial charge in [0.25, 0.3) is 0 Å². The van der Waals surface area contributed by atoms with Crippen molar-refractivity contribution in [3.05, 3.63) is 65.5 Å². The molecular weight excluding hydrogens is 392 g/mol. The number of carboxylic acids is 1. The highest BCUT2D eigenvalue weighted by molar-refractivity contribution is 5.94. The van der Waals surface area contributed by atoms with E-state index in [2.05, 4.69) is 22.0 Å². The second-order valence-corrected chi connectivity index (χ2v) is 7.54. The van der Waals surface area contributed by atoms with Crippen LogP contribution >= 0.6 is 0 Å². The number of aromatic nitrogens is 4. The maximum absolute atomic E-state index is 12.3. The van der Waals surface area contributed by atoms with Crippen LogP contribution in [0.2, 0.25) is 0 Å². The van der Waals surface area contributed by atoms with Crippen LogP contribution in [-0.2, 0) is 13.0 Å². The first kappa shape index (κ1) is 22.3. The van der Waals surface area contributed by atoms with E-state index in [4.69, 9.17) is 0 Å². The number of Topliss-reactive ketones (excluding diaryl/α,β-unsaturated/α-hetero) is 1. The molecule has 0 aliphatic rings. The fourth-order valence-corrected chi connectivity index (χ4v) is 3.45. The minimum absolute atomic E-state index is 0.0221. The number of rotatable bonds is 11. The summed E-state index contributed by atoms with van der Waals surface area (Å²) < 4.78 is 1.82. The standard InChI is InChI=1S/C24H28N4O3/c1-3-5-6-10-21-26-23(20(29)8-4-2)27-28(21)16-17-11-13-18(14-12-17)19-9-7-15-25-22(19)24(30)31/h7,9,11-15H,3-6,8,10,16H2,1-2H3,(H,30,31). The molecule has 3 rings (SSSR count). The summed E-state index contributed by atoms with van der Waals surface area (Å²) in [5.41, 5.74) is 2.40. The van der Waals surface area contributed by atoms with Gasteiger partial charge in [0.05, 0.1) is 6.54 Å². The molecule has 1 aromatic carbocycles. The minimum atomic E-state index is -1.05. The number of aromatic carboxylic acids is 1. The van der Waals surface area contributed by atoms with Gasteiger partial charge < -0.3 is 5.11 Å². The zero-order valence-corrected chi connectivity index (χ0v) is 18.0. The number of aryl methyl sites for hydroxylation is 1. The fraction of sp³-hybridized carbons (Fsp3) is 0.375. The van der Waals surface area contributed by atoms with Gasteiger partial charge in [0, 0.05) is 24.6 Å². The average molecular weight is 421 g/mol. The summed E-state index contributed by atoms with van der Waals surface area (Å²) in [7, 11) is 0. The van der Waals surface area contributed by atoms with Crippen molar-refractivity contribution < 1.29 is 14.7 Å². The highest BCUT2D eigenvalue weighted by Gasteiger charge is 2.16. The van der Waals surface area contributed by atoms with E-state index in [-0.39, 0.29) is 11.5 Å². The molecule has 2 heterocycles. The van der Waals surface area contributed by atoms with Gasteiger partial charge in [-0.15, -0.1) is 5.10 Å². The van der Waals surface area contributed by atoms with Crippen LogP contribution in [0.5, 0.6) is 0 Å². The second-order valence-electron chi connectivity index (χ2n) is 7.54. The molecule has 162 valence electrons. The van der Waals surface area contributed by atoms with Crippen LogP contribution in [0.1, 0.15) is 78.4 Å². The van der Waals surface area contributed by atoms with Crippen LogP contribution in [0.4, 0.5) is 0 Å². The van der Waals surface area contributed by atoms with Gasteiger partial charge in [-0.2, -0.15) is 0 Å². The number of hydrogen-bond acceptors (Lipinski definition) is 5. The number of unbranched alkanes of at least 4 members (excludes halogenated alkanes) is 2. The molecule has 0 amide bonds. The van der Waals surface area contributed by atoms with Crippen molar-refractivity contribution in [1.29, 1.82) is 0 Å². The van der Waals surface area contributed by atoms with E-state index in [0.717, 1.165) is 49.1 Å². The quantitative estimate of drug-likeness (QED) is 0.353. The molecule has 2 aromatic heterocycles. The lowest BCUT2D eigenvalue weighted by Gasteiger charge is -2.08. The van der Waals surface area contributed by atoms with E-state index in [1.165, 1.54) is 6.20 Å². The maximum Gasteiger partial charge on any atom is 0.355 e. The Labute approximate surface area is 182 Å². The molecule has 3 aromatic rings. The summed E-state index contributed by atoms with van der Waals surface area (Å²) in [6.07, 6.45) is 6.71. The smallest absolute Gasteiger partial charge is 0.355 e. The number of carbonyl (C=O) groups is 2. The molecule has 0 saturated heterocycles. The molecule has 0 fully saturated rings. The molecule has 0 aliphatic heterocycles. The molecule has 0 atom stereocenters. The second kappa shape index (κ2) is 10.6. The fourth-order valence-electron chi connectivity index (χ4n) is 3.45. The lowest BCUT2D eigenvalue weighted by Crippen LogP contribution is -2.08. The topological polar surface area (TPSA) is 98.0 Å². The van der Waals surface area contributed by atoms with Crippen LogP contribution in [0.15, 0.2) is 42.6 Å². The highest BCUT2D eigenvalue weighted by Crippen LogP contribution is 2.23. The van der Waals surface area contributed by atoms with Crippen LogP contribution in [0.25, 0.3) is 11.1 Å². The van der Waals surface area contributed by atoms with Crippen LogP contribution in [0.3, 0.4) is 0 Å². The molecule has 0 spiro atoms. The Morgan fingerprint density at radius 2 is 1.81 bits per heavy atom. The van der Waals surface area contributed by atoms with Gasteiger partial charge in [-0.1, -0.05) is 57.0 Å². The molecule has 0 bridgehead atoms. The van der Waals surface area contributed by atoms with Gasteiger partial charge >= 0.3 is 5.97 Å². The molecular formula is C24H28N4O3. The number of benzene rings is 1. The van der Waals surface area contributed by atoms with E-state index in [1.807, 2.05) is 35.9 Å². The summed E-state index contributed by atoms with van der Waals surface area (Å²) in [6, 6.07) is 11.1. The normalized spacial score (nSPS) is 10.9. The first-order valence-corrected chi connectivity index (χ1v) is 10.8. The Balaban J connectivity index is 1.83. The molecule has 7 nitrogen and oxygen atoms in total. The van der Waals surface area contributed by atoms with Crippen LogP contribution in [0, 0.1) is 0 Å². The Hall–Kier alpha value is -3.35. The number of hydrogen-bond donors (Lipinski definition) is 1. The van der Waals surface area contributed by atoms with Gasteiger partial charge in [0.15, 0.2) is 5.69 Å².